The molecule has 0 aromatic rings. The van der Waals surface area contributed by atoms with Gasteiger partial charge in [0.1, 0.15) is 0 Å². The second-order valence-electron chi connectivity index (χ2n) is 3.70. The molecular formula is C7H10BO2. The van der Waals surface area contributed by atoms with Gasteiger partial charge in [0.2, 0.25) is 0 Å². The monoisotopic (exact) mass is 137 g/mol. The molecule has 0 N–H and O–H groups in total. The zero-order chi connectivity index (χ0) is 6.55. The molecule has 0 amide bonds. The first kappa shape index (κ1) is 5.61. The summed E-state index contributed by atoms with van der Waals surface area (Å²) in [4.78, 5) is 0. The van der Waals surface area contributed by atoms with Gasteiger partial charge in [0.05, 0.1) is 12.2 Å². The van der Waals surface area contributed by atoms with Gasteiger partial charge in [0.15, 0.2) is 0 Å². The molecule has 53 valence electrons. The molecule has 0 spiro atoms. The molecule has 0 aromatic heterocycles. The van der Waals surface area contributed by atoms with Gasteiger partial charge in [-0.15, -0.1) is 0 Å². The van der Waals surface area contributed by atoms with Crippen molar-refractivity contribution in [1.82, 2.24) is 0 Å². The van der Waals surface area contributed by atoms with Crippen molar-refractivity contribution in [3.8, 4) is 0 Å². The third kappa shape index (κ3) is 0.577. The highest BCUT2D eigenvalue weighted by Crippen LogP contribution is 2.49. The SMILES string of the molecule is [B]1OC2CC3CC(C3)C2O1. The van der Waals surface area contributed by atoms with Crippen molar-refractivity contribution in [3.63, 3.8) is 0 Å². The summed E-state index contributed by atoms with van der Waals surface area (Å²) in [5, 5.41) is 0. The van der Waals surface area contributed by atoms with Crippen LogP contribution in [0.25, 0.3) is 0 Å². The van der Waals surface area contributed by atoms with Gasteiger partial charge in [0, 0.05) is 0 Å². The van der Waals surface area contributed by atoms with E-state index in [4.69, 9.17) is 9.31 Å². The molecule has 10 heavy (non-hydrogen) atoms. The molecule has 4 fully saturated rings. The molecule has 1 saturated heterocycles. The summed E-state index contributed by atoms with van der Waals surface area (Å²) in [6.45, 7) is 0. The van der Waals surface area contributed by atoms with Gasteiger partial charge in [-0.2, -0.15) is 0 Å². The molecule has 2 unspecified atom stereocenters. The van der Waals surface area contributed by atoms with Gasteiger partial charge in [-0.25, -0.2) is 0 Å². The largest absolute Gasteiger partial charge is 0.488 e. The predicted octanol–water partition coefficient (Wildman–Crippen LogP) is 0.734. The third-order valence-corrected chi connectivity index (χ3v) is 3.11. The zero-order valence-corrected chi connectivity index (χ0v) is 5.82. The van der Waals surface area contributed by atoms with Crippen LogP contribution >= 0.6 is 0 Å². The van der Waals surface area contributed by atoms with E-state index in [0.29, 0.717) is 12.2 Å². The van der Waals surface area contributed by atoms with E-state index < -0.39 is 0 Å². The fourth-order valence-corrected chi connectivity index (χ4v) is 2.51. The predicted molar refractivity (Wildman–Crippen MR) is 36.3 cm³/mol. The highest BCUT2D eigenvalue weighted by molar-refractivity contribution is 6.19. The molecule has 1 heterocycles. The van der Waals surface area contributed by atoms with E-state index in [9.17, 15) is 0 Å². The Morgan fingerprint density at radius 1 is 1.10 bits per heavy atom. The van der Waals surface area contributed by atoms with Crippen LogP contribution in [0.15, 0.2) is 0 Å². The molecule has 2 nitrogen and oxygen atoms in total. The van der Waals surface area contributed by atoms with Crippen LogP contribution in [-0.2, 0) is 9.31 Å². The normalized spacial score (nSPS) is 56.8. The summed E-state index contributed by atoms with van der Waals surface area (Å²) >= 11 is 0. The summed E-state index contributed by atoms with van der Waals surface area (Å²) in [6.07, 6.45) is 4.84. The third-order valence-electron chi connectivity index (χ3n) is 3.11. The van der Waals surface area contributed by atoms with Crippen molar-refractivity contribution in [1.29, 1.82) is 0 Å². The first-order valence-corrected chi connectivity index (χ1v) is 4.06. The summed E-state index contributed by atoms with van der Waals surface area (Å²) < 4.78 is 10.7. The van der Waals surface area contributed by atoms with Gasteiger partial charge in [-0.05, 0) is 31.1 Å². The Morgan fingerprint density at radius 3 is 2.80 bits per heavy atom. The molecule has 4 aliphatic rings. The lowest BCUT2D eigenvalue weighted by Crippen LogP contribution is -2.47. The van der Waals surface area contributed by atoms with E-state index in [2.05, 4.69) is 0 Å². The lowest BCUT2D eigenvalue weighted by molar-refractivity contribution is -0.0438. The fourth-order valence-electron chi connectivity index (χ4n) is 2.51. The van der Waals surface area contributed by atoms with Gasteiger partial charge >= 0.3 is 7.69 Å². The topological polar surface area (TPSA) is 18.5 Å². The van der Waals surface area contributed by atoms with Gasteiger partial charge in [-0.1, -0.05) is 0 Å². The highest BCUT2D eigenvalue weighted by Gasteiger charge is 2.49. The smallest absolute Gasteiger partial charge is 0.408 e. The quantitative estimate of drug-likeness (QED) is 0.458. The Labute approximate surface area is 61.2 Å². The fraction of sp³-hybridized carbons (Fsp3) is 1.00. The second kappa shape index (κ2) is 1.77. The average molecular weight is 137 g/mol. The van der Waals surface area contributed by atoms with Crippen LogP contribution < -0.4 is 0 Å². The van der Waals surface area contributed by atoms with Crippen LogP contribution in [0.1, 0.15) is 19.3 Å². The molecule has 3 saturated carbocycles. The Kier molecular flexibility index (Phi) is 0.994. The Balaban J connectivity index is 1.84. The lowest BCUT2D eigenvalue weighted by atomic mass is 9.63. The van der Waals surface area contributed by atoms with Crippen molar-refractivity contribution in [2.45, 2.75) is 31.5 Å². The van der Waals surface area contributed by atoms with E-state index in [1.807, 2.05) is 0 Å². The maximum absolute atomic E-state index is 5.36. The minimum absolute atomic E-state index is 0.414. The van der Waals surface area contributed by atoms with Gasteiger partial charge < -0.3 is 9.31 Å². The van der Waals surface area contributed by atoms with Crippen molar-refractivity contribution in [2.24, 2.45) is 11.8 Å². The molecule has 1 aliphatic heterocycles. The molecular weight excluding hydrogens is 127 g/mol. The second-order valence-corrected chi connectivity index (χ2v) is 3.70. The first-order valence-electron chi connectivity index (χ1n) is 4.06. The molecule has 2 bridgehead atoms. The van der Waals surface area contributed by atoms with Crippen molar-refractivity contribution < 1.29 is 9.31 Å². The van der Waals surface area contributed by atoms with Gasteiger partial charge in [0.25, 0.3) is 0 Å². The zero-order valence-electron chi connectivity index (χ0n) is 5.82. The minimum Gasteiger partial charge on any atom is -0.408 e. The molecule has 4 rings (SSSR count). The molecule has 2 atom stereocenters. The summed E-state index contributed by atoms with van der Waals surface area (Å²) in [7, 11) is 1.54. The van der Waals surface area contributed by atoms with Crippen LogP contribution in [0.2, 0.25) is 0 Å². The van der Waals surface area contributed by atoms with E-state index in [-0.39, 0.29) is 0 Å². The van der Waals surface area contributed by atoms with Crippen LogP contribution in [0, 0.1) is 11.8 Å². The minimum atomic E-state index is 0.414. The summed E-state index contributed by atoms with van der Waals surface area (Å²) in [5.74, 6) is 1.78. The van der Waals surface area contributed by atoms with E-state index in [0.717, 1.165) is 11.8 Å². The first-order chi connectivity index (χ1) is 4.93. The Hall–Kier alpha value is -0.0151. The summed E-state index contributed by atoms with van der Waals surface area (Å²) in [5.41, 5.74) is 0. The van der Waals surface area contributed by atoms with Crippen LogP contribution in [0.5, 0.6) is 0 Å². The van der Waals surface area contributed by atoms with Crippen LogP contribution in [0.4, 0.5) is 0 Å². The summed E-state index contributed by atoms with van der Waals surface area (Å²) in [6, 6.07) is 0. The van der Waals surface area contributed by atoms with E-state index in [1.54, 1.807) is 0 Å². The van der Waals surface area contributed by atoms with Crippen LogP contribution in [-0.4, -0.2) is 19.9 Å². The average Bonchev–Trinajstić information content (AvgIpc) is 2.29. The van der Waals surface area contributed by atoms with Crippen molar-refractivity contribution in [2.75, 3.05) is 0 Å². The molecule has 0 aromatic carbocycles. The van der Waals surface area contributed by atoms with E-state index in [1.165, 1.54) is 26.9 Å². The number of rotatable bonds is 0. The van der Waals surface area contributed by atoms with Crippen LogP contribution in [0.3, 0.4) is 0 Å². The standard InChI is InChI=1S/C7H10BO2/c1-4-2-5(1)7-6(3-4)9-8-10-7/h4-7H,1-3H2. The molecule has 3 aliphatic carbocycles. The van der Waals surface area contributed by atoms with Gasteiger partial charge in [-0.3, -0.25) is 0 Å². The Morgan fingerprint density at radius 2 is 2.00 bits per heavy atom. The number of hydrogen-bond acceptors (Lipinski definition) is 2. The number of hydrogen-bond donors (Lipinski definition) is 0. The van der Waals surface area contributed by atoms with Crippen molar-refractivity contribution >= 4 is 7.69 Å². The lowest BCUT2D eigenvalue weighted by Gasteiger charge is -2.47. The Bertz CT molecular complexity index is 156. The van der Waals surface area contributed by atoms with Crippen molar-refractivity contribution in [3.05, 3.63) is 0 Å². The molecule has 3 heteroatoms. The highest BCUT2D eigenvalue weighted by atomic mass is 16.6. The van der Waals surface area contributed by atoms with E-state index >= 15 is 0 Å². The molecule has 1 radical (unpaired) electrons. The maximum Gasteiger partial charge on any atom is 0.488 e. The maximum atomic E-state index is 5.36.